The highest BCUT2D eigenvalue weighted by molar-refractivity contribution is 6.30. The number of halogens is 1. The number of benzene rings is 2. The lowest BCUT2D eigenvalue weighted by Crippen LogP contribution is -2.15. The van der Waals surface area contributed by atoms with E-state index in [4.69, 9.17) is 26.3 Å². The van der Waals surface area contributed by atoms with Crippen molar-refractivity contribution in [3.05, 3.63) is 64.7 Å². The molecular formula is C16H12ClNO3. The van der Waals surface area contributed by atoms with Gasteiger partial charge in [-0.05, 0) is 24.3 Å². The molecule has 2 aromatic carbocycles. The number of esters is 1. The van der Waals surface area contributed by atoms with Crippen LogP contribution in [0.1, 0.15) is 11.1 Å². The molecule has 0 saturated carbocycles. The number of carbonyl (C=O) groups excluding carboxylic acids is 1. The first-order chi connectivity index (χ1) is 10.2. The number of hydrogen-bond acceptors (Lipinski definition) is 4. The van der Waals surface area contributed by atoms with E-state index in [1.54, 1.807) is 48.5 Å². The van der Waals surface area contributed by atoms with Crippen molar-refractivity contribution >= 4 is 17.6 Å². The van der Waals surface area contributed by atoms with E-state index in [9.17, 15) is 4.79 Å². The third-order valence-corrected chi connectivity index (χ3v) is 2.91. The monoisotopic (exact) mass is 301 g/mol. The molecule has 4 nitrogen and oxygen atoms in total. The molecule has 0 heterocycles. The molecule has 0 aliphatic heterocycles. The average Bonchev–Trinajstić information content (AvgIpc) is 2.51. The van der Waals surface area contributed by atoms with Crippen LogP contribution in [0.15, 0.2) is 48.5 Å². The predicted molar refractivity (Wildman–Crippen MR) is 77.9 cm³/mol. The summed E-state index contributed by atoms with van der Waals surface area (Å²) < 4.78 is 10.3. The summed E-state index contributed by atoms with van der Waals surface area (Å²) in [4.78, 5) is 11.6. The quantitative estimate of drug-likeness (QED) is 0.795. The van der Waals surface area contributed by atoms with Crippen LogP contribution in [-0.4, -0.2) is 12.6 Å². The first-order valence-electron chi connectivity index (χ1n) is 6.21. The molecule has 21 heavy (non-hydrogen) atoms. The number of carbonyl (C=O) groups is 1. The minimum atomic E-state index is -0.511. The van der Waals surface area contributed by atoms with Crippen LogP contribution >= 0.6 is 11.6 Å². The summed E-state index contributed by atoms with van der Waals surface area (Å²) in [6, 6.07) is 15.8. The SMILES string of the molecule is N#Cc1ccccc1COC(=O)COc1cccc(Cl)c1. The highest BCUT2D eigenvalue weighted by Gasteiger charge is 2.07. The number of ether oxygens (including phenoxy) is 2. The summed E-state index contributed by atoms with van der Waals surface area (Å²) in [6.45, 7) is -0.170. The Labute approximate surface area is 127 Å². The van der Waals surface area contributed by atoms with E-state index in [1.807, 2.05) is 6.07 Å². The van der Waals surface area contributed by atoms with Gasteiger partial charge in [0.1, 0.15) is 12.4 Å². The summed E-state index contributed by atoms with van der Waals surface area (Å²) in [7, 11) is 0. The Balaban J connectivity index is 1.84. The maximum Gasteiger partial charge on any atom is 0.344 e. The van der Waals surface area contributed by atoms with Crippen molar-refractivity contribution in [2.45, 2.75) is 6.61 Å². The molecule has 0 atom stereocenters. The minimum absolute atomic E-state index is 0.0431. The van der Waals surface area contributed by atoms with Crippen molar-refractivity contribution in [1.82, 2.24) is 0 Å². The zero-order chi connectivity index (χ0) is 15.1. The predicted octanol–water partition coefficient (Wildman–Crippen LogP) is 3.33. The average molecular weight is 302 g/mol. The lowest BCUT2D eigenvalue weighted by Gasteiger charge is -2.08. The van der Waals surface area contributed by atoms with Crippen molar-refractivity contribution in [2.75, 3.05) is 6.61 Å². The van der Waals surface area contributed by atoms with Crippen LogP contribution in [0.4, 0.5) is 0 Å². The molecule has 0 saturated heterocycles. The van der Waals surface area contributed by atoms with Crippen LogP contribution in [0.3, 0.4) is 0 Å². The first-order valence-corrected chi connectivity index (χ1v) is 6.59. The maximum absolute atomic E-state index is 11.6. The van der Waals surface area contributed by atoms with Gasteiger partial charge in [-0.25, -0.2) is 4.79 Å². The van der Waals surface area contributed by atoms with Crippen molar-refractivity contribution in [3.63, 3.8) is 0 Å². The minimum Gasteiger partial charge on any atom is -0.482 e. The van der Waals surface area contributed by atoms with Gasteiger partial charge >= 0.3 is 5.97 Å². The van der Waals surface area contributed by atoms with Gasteiger partial charge in [-0.1, -0.05) is 35.9 Å². The summed E-state index contributed by atoms with van der Waals surface area (Å²) in [5.41, 5.74) is 1.15. The molecule has 0 amide bonds. The molecule has 0 aliphatic rings. The molecule has 5 heteroatoms. The van der Waals surface area contributed by atoms with Gasteiger partial charge in [-0.15, -0.1) is 0 Å². The van der Waals surface area contributed by atoms with E-state index in [-0.39, 0.29) is 13.2 Å². The fourth-order valence-corrected chi connectivity index (χ4v) is 1.83. The molecule has 0 N–H and O–H groups in total. The van der Waals surface area contributed by atoms with E-state index < -0.39 is 5.97 Å². The second-order valence-corrected chi connectivity index (χ2v) is 4.61. The molecule has 0 fully saturated rings. The number of nitriles is 1. The van der Waals surface area contributed by atoms with Gasteiger partial charge in [0, 0.05) is 10.6 Å². The van der Waals surface area contributed by atoms with Crippen LogP contribution in [0.2, 0.25) is 5.02 Å². The van der Waals surface area contributed by atoms with Crippen LogP contribution < -0.4 is 4.74 Å². The van der Waals surface area contributed by atoms with Crippen molar-refractivity contribution < 1.29 is 14.3 Å². The van der Waals surface area contributed by atoms with Gasteiger partial charge in [0.2, 0.25) is 0 Å². The molecule has 0 radical (unpaired) electrons. The molecule has 106 valence electrons. The fourth-order valence-electron chi connectivity index (χ4n) is 1.65. The van der Waals surface area contributed by atoms with Crippen LogP contribution in [0, 0.1) is 11.3 Å². The van der Waals surface area contributed by atoms with Gasteiger partial charge < -0.3 is 9.47 Å². The third kappa shape index (κ3) is 4.51. The Morgan fingerprint density at radius 2 is 2.00 bits per heavy atom. The van der Waals surface area contributed by atoms with Crippen LogP contribution in [0.5, 0.6) is 5.75 Å². The zero-order valence-electron chi connectivity index (χ0n) is 11.1. The Morgan fingerprint density at radius 1 is 1.19 bits per heavy atom. The molecule has 0 bridgehead atoms. The second-order valence-electron chi connectivity index (χ2n) is 4.18. The Kier molecular flexibility index (Phi) is 5.19. The number of hydrogen-bond donors (Lipinski definition) is 0. The van der Waals surface area contributed by atoms with Gasteiger partial charge in [0.25, 0.3) is 0 Å². The highest BCUT2D eigenvalue weighted by atomic mass is 35.5. The summed E-state index contributed by atoms with van der Waals surface area (Å²) >= 11 is 5.81. The lowest BCUT2D eigenvalue weighted by atomic mass is 10.1. The molecule has 0 aromatic heterocycles. The van der Waals surface area contributed by atoms with Gasteiger partial charge in [0.15, 0.2) is 6.61 Å². The topological polar surface area (TPSA) is 59.3 Å². The largest absolute Gasteiger partial charge is 0.482 e. The molecular weight excluding hydrogens is 290 g/mol. The molecule has 2 aromatic rings. The highest BCUT2D eigenvalue weighted by Crippen LogP contribution is 2.17. The van der Waals surface area contributed by atoms with Crippen LogP contribution in [0.25, 0.3) is 0 Å². The van der Waals surface area contributed by atoms with Crippen molar-refractivity contribution in [1.29, 1.82) is 5.26 Å². The standard InChI is InChI=1S/C16H12ClNO3/c17-14-6-3-7-15(8-14)20-11-16(19)21-10-13-5-2-1-4-12(13)9-18/h1-8H,10-11H2. The Hall–Kier alpha value is -2.51. The normalized spacial score (nSPS) is 9.71. The smallest absolute Gasteiger partial charge is 0.344 e. The molecule has 0 unspecified atom stereocenters. The fraction of sp³-hybridized carbons (Fsp3) is 0.125. The number of nitrogens with zero attached hydrogens (tertiary/aromatic N) is 1. The van der Waals surface area contributed by atoms with Crippen molar-refractivity contribution in [3.8, 4) is 11.8 Å². The summed E-state index contributed by atoms with van der Waals surface area (Å²) in [6.07, 6.45) is 0. The first kappa shape index (κ1) is 14.9. The van der Waals surface area contributed by atoms with E-state index in [2.05, 4.69) is 0 Å². The second kappa shape index (κ2) is 7.32. The van der Waals surface area contributed by atoms with Gasteiger partial charge in [0.05, 0.1) is 11.6 Å². The Morgan fingerprint density at radius 3 is 2.76 bits per heavy atom. The molecule has 0 aliphatic carbocycles. The summed E-state index contributed by atoms with van der Waals surface area (Å²) in [5, 5.41) is 9.47. The van der Waals surface area contributed by atoms with Crippen LogP contribution in [-0.2, 0) is 16.1 Å². The van der Waals surface area contributed by atoms with E-state index in [0.717, 1.165) is 0 Å². The molecule has 2 rings (SSSR count). The Bertz CT molecular complexity index is 679. The van der Waals surface area contributed by atoms with Crippen molar-refractivity contribution in [2.24, 2.45) is 0 Å². The van der Waals surface area contributed by atoms with Gasteiger partial charge in [-0.3, -0.25) is 0 Å². The number of rotatable bonds is 5. The lowest BCUT2D eigenvalue weighted by molar-refractivity contribution is -0.147. The molecule has 0 spiro atoms. The van der Waals surface area contributed by atoms with E-state index >= 15 is 0 Å². The van der Waals surface area contributed by atoms with E-state index in [0.29, 0.717) is 21.9 Å². The zero-order valence-corrected chi connectivity index (χ0v) is 11.8. The summed E-state index contributed by atoms with van der Waals surface area (Å²) in [5.74, 6) is -0.0143. The maximum atomic E-state index is 11.6. The van der Waals surface area contributed by atoms with E-state index in [1.165, 1.54) is 0 Å². The third-order valence-electron chi connectivity index (χ3n) is 2.68. The van der Waals surface area contributed by atoms with Gasteiger partial charge in [-0.2, -0.15) is 5.26 Å².